The van der Waals surface area contributed by atoms with Crippen LogP contribution in [0.2, 0.25) is 0 Å². The summed E-state index contributed by atoms with van der Waals surface area (Å²) in [7, 11) is 3.50. The number of methoxy groups -OCH3 is 1. The maximum absolute atomic E-state index is 12.4. The van der Waals surface area contributed by atoms with Crippen molar-refractivity contribution in [2.75, 3.05) is 7.11 Å². The van der Waals surface area contributed by atoms with E-state index in [0.29, 0.717) is 5.92 Å². The van der Waals surface area contributed by atoms with Crippen LogP contribution in [0, 0.1) is 5.92 Å². The van der Waals surface area contributed by atoms with Gasteiger partial charge in [-0.25, -0.2) is 4.79 Å². The zero-order valence-electron chi connectivity index (χ0n) is 14.2. The number of hydrogen-bond acceptors (Lipinski definition) is 4. The summed E-state index contributed by atoms with van der Waals surface area (Å²) >= 11 is 0. The first-order valence-electron chi connectivity index (χ1n) is 8.13. The molecule has 0 aliphatic heterocycles. The summed E-state index contributed by atoms with van der Waals surface area (Å²) in [5, 5.41) is 13.9. The molecular weight excluding hydrogens is 306 g/mol. The molecule has 1 aliphatic carbocycles. The lowest BCUT2D eigenvalue weighted by atomic mass is 10.0. The molecule has 1 aliphatic rings. The lowest BCUT2D eigenvalue weighted by molar-refractivity contribution is 0.232. The Balaban J connectivity index is 1.65. The average molecular weight is 329 g/mol. The van der Waals surface area contributed by atoms with E-state index in [1.165, 1.54) is 0 Å². The van der Waals surface area contributed by atoms with Crippen molar-refractivity contribution in [2.45, 2.75) is 31.8 Å². The van der Waals surface area contributed by atoms with Crippen molar-refractivity contribution in [2.24, 2.45) is 13.0 Å². The number of hydrogen-bond donors (Lipinski definition) is 2. The third kappa shape index (κ3) is 3.67. The van der Waals surface area contributed by atoms with E-state index in [1.54, 1.807) is 18.0 Å². The molecule has 1 aromatic carbocycles. The molecular formula is C17H23N5O2. The molecule has 2 N–H and O–H groups in total. The fourth-order valence-corrected chi connectivity index (χ4v) is 2.84. The number of nitrogens with zero attached hydrogens (tertiary/aromatic N) is 3. The number of aromatic nitrogens is 3. The molecule has 1 saturated carbocycles. The smallest absolute Gasteiger partial charge is 0.315 e. The molecule has 3 rings (SSSR count). The number of ether oxygens (including phenoxy) is 1. The van der Waals surface area contributed by atoms with Gasteiger partial charge in [0, 0.05) is 7.05 Å². The Morgan fingerprint density at radius 2 is 2.00 bits per heavy atom. The van der Waals surface area contributed by atoms with Crippen LogP contribution in [0.3, 0.4) is 0 Å². The summed E-state index contributed by atoms with van der Waals surface area (Å²) in [6.07, 6.45) is 3.89. The van der Waals surface area contributed by atoms with Gasteiger partial charge in [0.05, 0.1) is 19.2 Å². The SMILES string of the molecule is COc1ccc(C(NC(=O)NC(C)c2nncn2C)C2CC2)cc1. The number of amides is 2. The van der Waals surface area contributed by atoms with Crippen LogP contribution >= 0.6 is 0 Å². The molecule has 2 aromatic rings. The van der Waals surface area contributed by atoms with Crippen LogP contribution in [-0.4, -0.2) is 27.9 Å². The Kier molecular flexibility index (Phi) is 4.69. The number of aryl methyl sites for hydroxylation is 1. The fourth-order valence-electron chi connectivity index (χ4n) is 2.84. The summed E-state index contributed by atoms with van der Waals surface area (Å²) in [4.78, 5) is 12.4. The zero-order valence-corrected chi connectivity index (χ0v) is 14.2. The number of carbonyl (C=O) groups is 1. The first-order chi connectivity index (χ1) is 11.6. The Morgan fingerprint density at radius 1 is 1.29 bits per heavy atom. The zero-order chi connectivity index (χ0) is 17.1. The molecule has 0 spiro atoms. The van der Waals surface area contributed by atoms with Gasteiger partial charge in [-0.3, -0.25) is 0 Å². The maximum Gasteiger partial charge on any atom is 0.315 e. The van der Waals surface area contributed by atoms with E-state index in [4.69, 9.17) is 4.74 Å². The van der Waals surface area contributed by atoms with E-state index in [9.17, 15) is 4.79 Å². The van der Waals surface area contributed by atoms with Crippen LogP contribution in [0.1, 0.15) is 43.2 Å². The molecule has 1 fully saturated rings. The molecule has 1 heterocycles. The third-order valence-corrected chi connectivity index (χ3v) is 4.34. The molecule has 0 bridgehead atoms. The third-order valence-electron chi connectivity index (χ3n) is 4.34. The lowest BCUT2D eigenvalue weighted by Gasteiger charge is -2.21. The fraction of sp³-hybridized carbons (Fsp3) is 0.471. The monoisotopic (exact) mass is 329 g/mol. The van der Waals surface area contributed by atoms with Crippen molar-refractivity contribution in [1.82, 2.24) is 25.4 Å². The van der Waals surface area contributed by atoms with Gasteiger partial charge in [0.2, 0.25) is 0 Å². The van der Waals surface area contributed by atoms with Gasteiger partial charge in [-0.1, -0.05) is 12.1 Å². The highest BCUT2D eigenvalue weighted by atomic mass is 16.5. The average Bonchev–Trinajstić information content (AvgIpc) is 3.33. The van der Waals surface area contributed by atoms with Crippen LogP contribution in [-0.2, 0) is 7.05 Å². The molecule has 128 valence electrons. The van der Waals surface area contributed by atoms with E-state index < -0.39 is 0 Å². The van der Waals surface area contributed by atoms with Gasteiger partial charge < -0.3 is 19.9 Å². The molecule has 7 nitrogen and oxygen atoms in total. The van der Waals surface area contributed by atoms with Crippen LogP contribution in [0.4, 0.5) is 4.79 Å². The Labute approximate surface area is 141 Å². The molecule has 0 radical (unpaired) electrons. The molecule has 0 saturated heterocycles. The highest BCUT2D eigenvalue weighted by Gasteiger charge is 2.33. The largest absolute Gasteiger partial charge is 0.497 e. The van der Waals surface area contributed by atoms with E-state index in [2.05, 4.69) is 20.8 Å². The number of rotatable bonds is 6. The number of urea groups is 1. The summed E-state index contributed by atoms with van der Waals surface area (Å²) in [5.41, 5.74) is 1.10. The van der Waals surface area contributed by atoms with Crippen molar-refractivity contribution < 1.29 is 9.53 Å². The van der Waals surface area contributed by atoms with Crippen molar-refractivity contribution in [1.29, 1.82) is 0 Å². The van der Waals surface area contributed by atoms with Crippen molar-refractivity contribution >= 4 is 6.03 Å². The Hall–Kier alpha value is -2.57. The quantitative estimate of drug-likeness (QED) is 0.852. The van der Waals surface area contributed by atoms with Crippen LogP contribution in [0.5, 0.6) is 5.75 Å². The highest BCUT2D eigenvalue weighted by Crippen LogP contribution is 2.41. The Morgan fingerprint density at radius 3 is 2.54 bits per heavy atom. The van der Waals surface area contributed by atoms with E-state index >= 15 is 0 Å². The second kappa shape index (κ2) is 6.90. The molecule has 7 heteroatoms. The second-order valence-corrected chi connectivity index (χ2v) is 6.23. The van der Waals surface area contributed by atoms with Crippen molar-refractivity contribution in [3.05, 3.63) is 42.0 Å². The normalized spacial score (nSPS) is 16.3. The number of nitrogens with one attached hydrogen (secondary N) is 2. The lowest BCUT2D eigenvalue weighted by Crippen LogP contribution is -2.40. The number of benzene rings is 1. The van der Waals surface area contributed by atoms with Gasteiger partial charge in [0.25, 0.3) is 0 Å². The molecule has 2 amide bonds. The Bertz CT molecular complexity index is 693. The summed E-state index contributed by atoms with van der Waals surface area (Å²) in [6, 6.07) is 7.47. The van der Waals surface area contributed by atoms with E-state index in [-0.39, 0.29) is 18.1 Å². The van der Waals surface area contributed by atoms with Crippen molar-refractivity contribution in [3.63, 3.8) is 0 Å². The first-order valence-corrected chi connectivity index (χ1v) is 8.13. The van der Waals surface area contributed by atoms with E-state index in [1.807, 2.05) is 38.2 Å². The molecule has 1 aromatic heterocycles. The predicted octanol–water partition coefficient (Wildman–Crippen LogP) is 2.34. The minimum Gasteiger partial charge on any atom is -0.497 e. The minimum absolute atomic E-state index is 0.0163. The second-order valence-electron chi connectivity index (χ2n) is 6.23. The molecule has 24 heavy (non-hydrogen) atoms. The first kappa shape index (κ1) is 16.3. The van der Waals surface area contributed by atoms with E-state index in [0.717, 1.165) is 30.0 Å². The van der Waals surface area contributed by atoms with Crippen LogP contribution in [0.25, 0.3) is 0 Å². The maximum atomic E-state index is 12.4. The summed E-state index contributed by atoms with van der Waals surface area (Å²) in [6.45, 7) is 1.89. The standard InChI is InChI=1S/C17H23N5O2/c1-11(16-21-18-10-22(16)2)19-17(23)20-15(12-4-5-12)13-6-8-14(24-3)9-7-13/h6-12,15H,4-5H2,1-3H3,(H2,19,20,23). The summed E-state index contributed by atoms with van der Waals surface area (Å²) in [5.74, 6) is 2.03. The number of carbonyl (C=O) groups excluding carboxylic acids is 1. The van der Waals surface area contributed by atoms with Gasteiger partial charge >= 0.3 is 6.03 Å². The molecule has 2 atom stereocenters. The van der Waals surface area contributed by atoms with Gasteiger partial charge in [0.15, 0.2) is 5.82 Å². The highest BCUT2D eigenvalue weighted by molar-refractivity contribution is 5.75. The predicted molar refractivity (Wildman–Crippen MR) is 89.5 cm³/mol. The van der Waals surface area contributed by atoms with Gasteiger partial charge in [-0.05, 0) is 43.4 Å². The van der Waals surface area contributed by atoms with Crippen molar-refractivity contribution in [3.8, 4) is 5.75 Å². The van der Waals surface area contributed by atoms with Gasteiger partial charge in [0.1, 0.15) is 12.1 Å². The minimum atomic E-state index is -0.215. The topological polar surface area (TPSA) is 81.1 Å². The van der Waals surface area contributed by atoms with Crippen LogP contribution < -0.4 is 15.4 Å². The van der Waals surface area contributed by atoms with Gasteiger partial charge in [-0.2, -0.15) is 0 Å². The van der Waals surface area contributed by atoms with Gasteiger partial charge in [-0.15, -0.1) is 10.2 Å². The molecule has 2 unspecified atom stereocenters. The summed E-state index contributed by atoms with van der Waals surface area (Å²) < 4.78 is 6.99. The van der Waals surface area contributed by atoms with Crippen LogP contribution in [0.15, 0.2) is 30.6 Å².